The lowest BCUT2D eigenvalue weighted by atomic mass is 9.76. The number of ether oxygens (including phenoxy) is 1. The molecule has 13 heteroatoms. The third-order valence-electron chi connectivity index (χ3n) is 8.13. The molecule has 2 aliphatic rings. The normalized spacial score (nSPS) is 18.8. The first-order valence-electron chi connectivity index (χ1n) is 13.8. The van der Waals surface area contributed by atoms with Gasteiger partial charge in [-0.05, 0) is 47.9 Å². The largest absolute Gasteiger partial charge is 0.480 e. The Morgan fingerprint density at radius 1 is 1.07 bits per heavy atom. The van der Waals surface area contributed by atoms with Gasteiger partial charge in [-0.2, -0.15) is 23.1 Å². The topological polar surface area (TPSA) is 134 Å². The van der Waals surface area contributed by atoms with E-state index in [1.54, 1.807) is 50.5 Å². The fourth-order valence-electron chi connectivity index (χ4n) is 5.69. The number of carboxylic acid groups (broad SMARTS) is 1. The standard InChI is InChI=1S/C30H33F3N6O4/c1-38(2)26(40)21-9-5-19(6-10-21)18-3-7-20(8-4-18)25(30(31,32)33)43-24-15-23(36-28(34)37-24)39-13-11-29(12-14-39)16-22(27(41)42)35-17-29/h3-10,15,22,25,35H,11-14,16-17H2,1-2H3,(H,41,42)(H2,34,36,37). The van der Waals surface area contributed by atoms with Crippen LogP contribution in [0.15, 0.2) is 54.6 Å². The molecule has 0 saturated carbocycles. The summed E-state index contributed by atoms with van der Waals surface area (Å²) >= 11 is 0. The molecule has 0 aliphatic carbocycles. The number of aliphatic carboxylic acids is 1. The summed E-state index contributed by atoms with van der Waals surface area (Å²) in [7, 11) is 3.31. The molecule has 4 N–H and O–H groups in total. The predicted molar refractivity (Wildman–Crippen MR) is 154 cm³/mol. The van der Waals surface area contributed by atoms with Crippen LogP contribution in [-0.2, 0) is 4.79 Å². The van der Waals surface area contributed by atoms with Gasteiger partial charge in [0.15, 0.2) is 0 Å². The third kappa shape index (κ3) is 6.66. The molecule has 43 heavy (non-hydrogen) atoms. The molecule has 2 atom stereocenters. The summed E-state index contributed by atoms with van der Waals surface area (Å²) in [5.74, 6) is -1.18. The number of halogens is 3. The van der Waals surface area contributed by atoms with Gasteiger partial charge in [0, 0.05) is 50.9 Å². The molecule has 2 aliphatic heterocycles. The Balaban J connectivity index is 1.30. The predicted octanol–water partition coefficient (Wildman–Crippen LogP) is 4.14. The second-order valence-corrected chi connectivity index (χ2v) is 11.3. The molecule has 1 spiro atoms. The number of aromatic nitrogens is 2. The van der Waals surface area contributed by atoms with Gasteiger partial charge in [0.1, 0.15) is 11.9 Å². The summed E-state index contributed by atoms with van der Waals surface area (Å²) < 4.78 is 48.1. The van der Waals surface area contributed by atoms with Crippen LogP contribution in [0.5, 0.6) is 5.88 Å². The number of rotatable bonds is 7. The van der Waals surface area contributed by atoms with Gasteiger partial charge >= 0.3 is 12.1 Å². The highest BCUT2D eigenvalue weighted by molar-refractivity contribution is 5.94. The molecular formula is C30H33F3N6O4. The Morgan fingerprint density at radius 3 is 2.21 bits per heavy atom. The first kappa shape index (κ1) is 30.1. The molecule has 1 amide bonds. The van der Waals surface area contributed by atoms with Crippen LogP contribution in [0.3, 0.4) is 0 Å². The van der Waals surface area contributed by atoms with E-state index in [0.29, 0.717) is 55.8 Å². The maximum atomic E-state index is 14.2. The quantitative estimate of drug-likeness (QED) is 0.367. The van der Waals surface area contributed by atoms with E-state index in [2.05, 4.69) is 15.3 Å². The van der Waals surface area contributed by atoms with Gasteiger partial charge in [0.2, 0.25) is 17.9 Å². The third-order valence-corrected chi connectivity index (χ3v) is 8.13. The summed E-state index contributed by atoms with van der Waals surface area (Å²) in [6.07, 6.45) is -5.11. The number of nitrogens with two attached hydrogens (primary N) is 1. The summed E-state index contributed by atoms with van der Waals surface area (Å²) in [6, 6.07) is 13.4. The van der Waals surface area contributed by atoms with Crippen molar-refractivity contribution < 1.29 is 32.6 Å². The van der Waals surface area contributed by atoms with Crippen molar-refractivity contribution >= 4 is 23.6 Å². The van der Waals surface area contributed by atoms with E-state index in [-0.39, 0.29) is 28.7 Å². The summed E-state index contributed by atoms with van der Waals surface area (Å²) in [6.45, 7) is 1.68. The molecule has 3 aromatic rings. The average Bonchev–Trinajstić information content (AvgIpc) is 3.39. The molecule has 2 unspecified atom stereocenters. The number of piperidine rings is 1. The summed E-state index contributed by atoms with van der Waals surface area (Å²) in [5.41, 5.74) is 7.55. The number of carbonyl (C=O) groups is 2. The molecule has 1 aromatic heterocycles. The molecule has 2 fully saturated rings. The fourth-order valence-corrected chi connectivity index (χ4v) is 5.69. The SMILES string of the molecule is CN(C)C(=O)c1ccc(-c2ccc(C(Oc3cc(N4CCC5(CC4)CNC(C(=O)O)C5)nc(N)n3)C(F)(F)F)cc2)cc1. The van der Waals surface area contributed by atoms with Crippen LogP contribution in [0.25, 0.3) is 11.1 Å². The average molecular weight is 599 g/mol. The zero-order chi connectivity index (χ0) is 30.9. The number of carboxylic acids is 1. The Labute approximate surface area is 246 Å². The van der Waals surface area contributed by atoms with Crippen LogP contribution in [0.4, 0.5) is 24.9 Å². The van der Waals surface area contributed by atoms with Gasteiger partial charge in [-0.1, -0.05) is 36.4 Å². The number of hydrogen-bond acceptors (Lipinski definition) is 8. The zero-order valence-corrected chi connectivity index (χ0v) is 23.8. The van der Waals surface area contributed by atoms with Crippen LogP contribution < -0.4 is 20.7 Å². The minimum Gasteiger partial charge on any atom is -0.480 e. The van der Waals surface area contributed by atoms with Crippen molar-refractivity contribution in [2.24, 2.45) is 5.41 Å². The van der Waals surface area contributed by atoms with Crippen LogP contribution in [0, 0.1) is 5.41 Å². The molecule has 3 heterocycles. The van der Waals surface area contributed by atoms with Crippen molar-refractivity contribution in [3.8, 4) is 17.0 Å². The Bertz CT molecular complexity index is 1470. The van der Waals surface area contributed by atoms with E-state index in [9.17, 15) is 27.9 Å². The van der Waals surface area contributed by atoms with E-state index >= 15 is 0 Å². The number of benzene rings is 2. The van der Waals surface area contributed by atoms with Crippen LogP contribution >= 0.6 is 0 Å². The van der Waals surface area contributed by atoms with Crippen molar-refractivity contribution in [2.75, 3.05) is 44.4 Å². The van der Waals surface area contributed by atoms with E-state index in [4.69, 9.17) is 10.5 Å². The molecule has 0 radical (unpaired) electrons. The van der Waals surface area contributed by atoms with E-state index < -0.39 is 24.3 Å². The van der Waals surface area contributed by atoms with Gasteiger partial charge in [-0.15, -0.1) is 0 Å². The fraction of sp³-hybridized carbons (Fsp3) is 0.400. The number of nitrogens with one attached hydrogen (secondary N) is 1. The second-order valence-electron chi connectivity index (χ2n) is 11.3. The Morgan fingerprint density at radius 2 is 1.67 bits per heavy atom. The van der Waals surface area contributed by atoms with Crippen molar-refractivity contribution in [1.82, 2.24) is 20.2 Å². The zero-order valence-electron chi connectivity index (χ0n) is 23.8. The second kappa shape index (κ2) is 11.7. The van der Waals surface area contributed by atoms with Gasteiger partial charge in [-0.3, -0.25) is 9.59 Å². The summed E-state index contributed by atoms with van der Waals surface area (Å²) in [5, 5.41) is 12.4. The maximum Gasteiger partial charge on any atom is 0.429 e. The lowest BCUT2D eigenvalue weighted by Gasteiger charge is -2.39. The smallest absolute Gasteiger partial charge is 0.429 e. The first-order chi connectivity index (χ1) is 20.3. The number of alkyl halides is 3. The van der Waals surface area contributed by atoms with Crippen molar-refractivity contribution in [3.63, 3.8) is 0 Å². The van der Waals surface area contributed by atoms with Gasteiger partial charge in [-0.25, -0.2) is 0 Å². The molecule has 2 saturated heterocycles. The number of anilines is 2. The number of carbonyl (C=O) groups excluding carboxylic acids is 1. The van der Waals surface area contributed by atoms with Crippen LogP contribution in [-0.4, -0.2) is 77.8 Å². The molecule has 5 rings (SSSR count). The molecule has 10 nitrogen and oxygen atoms in total. The van der Waals surface area contributed by atoms with Crippen LogP contribution in [0.2, 0.25) is 0 Å². The Kier molecular flexibility index (Phi) is 8.19. The highest BCUT2D eigenvalue weighted by Crippen LogP contribution is 2.41. The molecule has 0 bridgehead atoms. The highest BCUT2D eigenvalue weighted by atomic mass is 19.4. The lowest BCUT2D eigenvalue weighted by molar-refractivity contribution is -0.198. The number of amides is 1. The monoisotopic (exact) mass is 598 g/mol. The van der Waals surface area contributed by atoms with Gasteiger partial charge in [0.05, 0.1) is 0 Å². The molecular weight excluding hydrogens is 565 g/mol. The lowest BCUT2D eigenvalue weighted by Crippen LogP contribution is -2.41. The van der Waals surface area contributed by atoms with E-state index in [1.807, 2.05) is 4.90 Å². The number of nitrogens with zero attached hydrogens (tertiary/aromatic N) is 4. The molecule has 228 valence electrons. The molecule has 2 aromatic carbocycles. The summed E-state index contributed by atoms with van der Waals surface area (Å²) in [4.78, 5) is 35.0. The Hall–Kier alpha value is -4.39. The van der Waals surface area contributed by atoms with Crippen molar-refractivity contribution in [1.29, 1.82) is 0 Å². The van der Waals surface area contributed by atoms with Gasteiger partial charge < -0.3 is 30.7 Å². The first-order valence-corrected chi connectivity index (χ1v) is 13.8. The minimum absolute atomic E-state index is 0.115. The number of nitrogen functional groups attached to an aromatic ring is 1. The maximum absolute atomic E-state index is 14.2. The van der Waals surface area contributed by atoms with Crippen molar-refractivity contribution in [3.05, 3.63) is 65.7 Å². The number of hydrogen-bond donors (Lipinski definition) is 3. The van der Waals surface area contributed by atoms with Crippen molar-refractivity contribution in [2.45, 2.75) is 37.6 Å². The minimum atomic E-state index is -4.75. The van der Waals surface area contributed by atoms with E-state index in [1.165, 1.54) is 23.1 Å². The highest BCUT2D eigenvalue weighted by Gasteiger charge is 2.45. The van der Waals surface area contributed by atoms with Crippen LogP contribution in [0.1, 0.15) is 41.3 Å². The van der Waals surface area contributed by atoms with E-state index in [0.717, 1.165) is 5.56 Å². The van der Waals surface area contributed by atoms with Gasteiger partial charge in [0.25, 0.3) is 5.91 Å².